The van der Waals surface area contributed by atoms with Gasteiger partial charge in [0.2, 0.25) is 0 Å². The molecule has 0 aliphatic rings. The Morgan fingerprint density at radius 3 is 2.54 bits per heavy atom. The van der Waals surface area contributed by atoms with Crippen LogP contribution in [0.2, 0.25) is 5.02 Å². The van der Waals surface area contributed by atoms with E-state index in [4.69, 9.17) is 11.6 Å². The minimum Gasteiger partial charge on any atom is -0.376 e. The first-order valence-corrected chi connectivity index (χ1v) is 4.02. The zero-order valence-electron chi connectivity index (χ0n) is 7.32. The van der Waals surface area contributed by atoms with Gasteiger partial charge in [0.05, 0.1) is 10.6 Å². The fourth-order valence-corrected chi connectivity index (χ4v) is 1.36. The lowest BCUT2D eigenvalue weighted by Gasteiger charge is -2.13. The number of anilines is 1. The maximum atomic E-state index is 10.5. The molecule has 0 heterocycles. The summed E-state index contributed by atoms with van der Waals surface area (Å²) in [5.41, 5.74) is 0.587. The highest BCUT2D eigenvalue weighted by atomic mass is 35.5. The van der Waals surface area contributed by atoms with Gasteiger partial charge in [-0.25, -0.2) is 0 Å². The van der Waals surface area contributed by atoms with Gasteiger partial charge in [-0.2, -0.15) is 0 Å². The second kappa shape index (κ2) is 3.62. The molecule has 0 spiro atoms. The molecule has 4 nitrogen and oxygen atoms in total. The average molecular weight is 201 g/mol. The zero-order valence-corrected chi connectivity index (χ0v) is 8.08. The van der Waals surface area contributed by atoms with E-state index in [1.807, 2.05) is 0 Å². The van der Waals surface area contributed by atoms with Crippen LogP contribution < -0.4 is 4.90 Å². The van der Waals surface area contributed by atoms with Crippen molar-refractivity contribution in [1.82, 2.24) is 0 Å². The fourth-order valence-electron chi connectivity index (χ4n) is 0.994. The van der Waals surface area contributed by atoms with Crippen LogP contribution in [-0.4, -0.2) is 19.0 Å². The van der Waals surface area contributed by atoms with E-state index in [1.54, 1.807) is 31.1 Å². The van der Waals surface area contributed by atoms with E-state index in [1.165, 1.54) is 6.07 Å². The topological polar surface area (TPSA) is 46.4 Å². The molecule has 0 unspecified atom stereocenters. The molecule has 0 amide bonds. The molecule has 5 heteroatoms. The van der Waals surface area contributed by atoms with Crippen molar-refractivity contribution in [3.05, 3.63) is 33.3 Å². The zero-order chi connectivity index (χ0) is 10.0. The molecule has 0 atom stereocenters. The number of nitro benzene ring substituents is 1. The van der Waals surface area contributed by atoms with Crippen LogP contribution >= 0.6 is 11.6 Å². The lowest BCUT2D eigenvalue weighted by Crippen LogP contribution is -2.09. The molecular formula is C8H9ClN2O2. The van der Waals surface area contributed by atoms with E-state index < -0.39 is 4.92 Å². The Kier molecular flexibility index (Phi) is 2.72. The van der Waals surface area contributed by atoms with Crippen LogP contribution in [0.1, 0.15) is 0 Å². The van der Waals surface area contributed by atoms with E-state index >= 15 is 0 Å². The predicted octanol–water partition coefficient (Wildman–Crippen LogP) is 2.31. The highest BCUT2D eigenvalue weighted by Gasteiger charge is 2.15. The van der Waals surface area contributed by atoms with Crippen molar-refractivity contribution < 1.29 is 4.92 Å². The van der Waals surface area contributed by atoms with Gasteiger partial charge in [0, 0.05) is 20.2 Å². The van der Waals surface area contributed by atoms with Crippen LogP contribution in [0.25, 0.3) is 0 Å². The fraction of sp³-hybridized carbons (Fsp3) is 0.250. The summed E-state index contributed by atoms with van der Waals surface area (Å²) < 4.78 is 0. The minimum absolute atomic E-state index is 0.0622. The molecule has 1 aromatic rings. The smallest absolute Gasteiger partial charge is 0.290 e. The molecule has 0 fully saturated rings. The van der Waals surface area contributed by atoms with Crippen molar-refractivity contribution in [3.63, 3.8) is 0 Å². The van der Waals surface area contributed by atoms with Crippen LogP contribution in [0.5, 0.6) is 0 Å². The van der Waals surface area contributed by atoms with Crippen LogP contribution in [0.15, 0.2) is 18.2 Å². The molecule has 0 N–H and O–H groups in total. The van der Waals surface area contributed by atoms with Gasteiger partial charge in [-0.15, -0.1) is 0 Å². The van der Waals surface area contributed by atoms with Gasteiger partial charge in [-0.05, 0) is 6.07 Å². The summed E-state index contributed by atoms with van der Waals surface area (Å²) in [6.45, 7) is 0. The quantitative estimate of drug-likeness (QED) is 0.544. The molecule has 0 saturated heterocycles. The van der Waals surface area contributed by atoms with Gasteiger partial charge in [0.15, 0.2) is 0 Å². The Labute approximate surface area is 80.9 Å². The Morgan fingerprint density at radius 2 is 2.08 bits per heavy atom. The highest BCUT2D eigenvalue weighted by molar-refractivity contribution is 6.35. The summed E-state index contributed by atoms with van der Waals surface area (Å²) in [4.78, 5) is 11.7. The summed E-state index contributed by atoms with van der Waals surface area (Å²) in [6.07, 6.45) is 0. The van der Waals surface area contributed by atoms with Gasteiger partial charge < -0.3 is 4.90 Å². The predicted molar refractivity (Wildman–Crippen MR) is 52.4 cm³/mol. The van der Waals surface area contributed by atoms with Gasteiger partial charge in [0.25, 0.3) is 5.69 Å². The van der Waals surface area contributed by atoms with Crippen LogP contribution in [-0.2, 0) is 0 Å². The molecule has 0 aromatic heterocycles. The molecule has 1 rings (SSSR count). The Hall–Kier alpha value is -1.29. The summed E-state index contributed by atoms with van der Waals surface area (Å²) in [5, 5.41) is 10.7. The molecule has 70 valence electrons. The monoisotopic (exact) mass is 200 g/mol. The molecule has 0 aliphatic heterocycles. The number of hydrogen-bond acceptors (Lipinski definition) is 3. The normalized spacial score (nSPS) is 9.77. The standard InChI is InChI=1S/C8H9ClN2O2/c1-10(2)6-4-3-5-7(8(6)9)11(12)13/h3-5H,1-2H3. The second-order valence-corrected chi connectivity index (χ2v) is 3.14. The highest BCUT2D eigenvalue weighted by Crippen LogP contribution is 2.32. The van der Waals surface area contributed by atoms with Crippen LogP contribution in [0.3, 0.4) is 0 Å². The Morgan fingerprint density at radius 1 is 1.46 bits per heavy atom. The summed E-state index contributed by atoms with van der Waals surface area (Å²) in [5.74, 6) is 0. The number of nitro groups is 1. The van der Waals surface area contributed by atoms with E-state index in [-0.39, 0.29) is 10.7 Å². The van der Waals surface area contributed by atoms with Crippen LogP contribution in [0.4, 0.5) is 11.4 Å². The molecule has 0 radical (unpaired) electrons. The molecule has 0 aliphatic carbocycles. The molecule has 1 aromatic carbocycles. The summed E-state index contributed by atoms with van der Waals surface area (Å²) in [6, 6.07) is 4.73. The van der Waals surface area contributed by atoms with Crippen molar-refractivity contribution in [3.8, 4) is 0 Å². The number of hydrogen-bond donors (Lipinski definition) is 0. The van der Waals surface area contributed by atoms with Gasteiger partial charge in [-0.3, -0.25) is 10.1 Å². The van der Waals surface area contributed by atoms with Crippen molar-refractivity contribution in [1.29, 1.82) is 0 Å². The summed E-state index contributed by atoms with van der Waals surface area (Å²) >= 11 is 5.82. The number of nitrogens with zero attached hydrogens (tertiary/aromatic N) is 2. The first-order valence-electron chi connectivity index (χ1n) is 3.64. The number of rotatable bonds is 2. The third kappa shape index (κ3) is 1.89. The largest absolute Gasteiger partial charge is 0.376 e. The van der Waals surface area contributed by atoms with Crippen molar-refractivity contribution in [2.24, 2.45) is 0 Å². The maximum Gasteiger partial charge on any atom is 0.290 e. The van der Waals surface area contributed by atoms with E-state index in [0.29, 0.717) is 5.69 Å². The molecule has 0 bridgehead atoms. The third-order valence-corrected chi connectivity index (χ3v) is 2.02. The van der Waals surface area contributed by atoms with Crippen LogP contribution in [0, 0.1) is 10.1 Å². The van der Waals surface area contributed by atoms with Crippen molar-refractivity contribution in [2.75, 3.05) is 19.0 Å². The lowest BCUT2D eigenvalue weighted by molar-refractivity contribution is -0.384. The lowest BCUT2D eigenvalue weighted by atomic mass is 10.2. The minimum atomic E-state index is -0.491. The van der Waals surface area contributed by atoms with Gasteiger partial charge in [-0.1, -0.05) is 17.7 Å². The third-order valence-electron chi connectivity index (χ3n) is 1.64. The van der Waals surface area contributed by atoms with E-state index in [2.05, 4.69) is 0 Å². The van der Waals surface area contributed by atoms with E-state index in [9.17, 15) is 10.1 Å². The van der Waals surface area contributed by atoms with Crippen molar-refractivity contribution >= 4 is 23.0 Å². The van der Waals surface area contributed by atoms with Crippen molar-refractivity contribution in [2.45, 2.75) is 0 Å². The van der Waals surface area contributed by atoms with Gasteiger partial charge >= 0.3 is 0 Å². The Balaban J connectivity index is 3.26. The molecular weight excluding hydrogens is 192 g/mol. The first-order chi connectivity index (χ1) is 6.04. The second-order valence-electron chi connectivity index (χ2n) is 2.76. The molecule has 13 heavy (non-hydrogen) atoms. The first kappa shape index (κ1) is 9.80. The average Bonchev–Trinajstić information content (AvgIpc) is 2.03. The maximum absolute atomic E-state index is 10.5. The summed E-state index contributed by atoms with van der Waals surface area (Å²) in [7, 11) is 3.57. The number of benzene rings is 1. The molecule has 0 saturated carbocycles. The SMILES string of the molecule is CN(C)c1cccc([N+](=O)[O-])c1Cl. The Bertz CT molecular complexity index is 339. The number of halogens is 1. The van der Waals surface area contributed by atoms with Gasteiger partial charge in [0.1, 0.15) is 5.02 Å². The van der Waals surface area contributed by atoms with E-state index in [0.717, 1.165) is 0 Å².